The van der Waals surface area contributed by atoms with Crippen LogP contribution in [-0.4, -0.2) is 23.6 Å². The molecule has 0 atom stereocenters. The Labute approximate surface area is 83.7 Å². The van der Waals surface area contributed by atoms with Gasteiger partial charge in [-0.3, -0.25) is 0 Å². The zero-order valence-electron chi connectivity index (χ0n) is 7.91. The smallest absolute Gasteiger partial charge is 0.169 e. The van der Waals surface area contributed by atoms with E-state index in [1.165, 1.54) is 0 Å². The SMILES string of the molecule is CCN(Cc1ccco1)C(=S)NC. The Morgan fingerprint density at radius 2 is 2.46 bits per heavy atom. The van der Waals surface area contributed by atoms with Crippen LogP contribution in [0.5, 0.6) is 0 Å². The topological polar surface area (TPSA) is 28.4 Å². The Bertz CT molecular complexity index is 259. The lowest BCUT2D eigenvalue weighted by atomic mass is 10.4. The van der Waals surface area contributed by atoms with Crippen LogP contribution in [0.1, 0.15) is 12.7 Å². The van der Waals surface area contributed by atoms with Crippen molar-refractivity contribution in [1.29, 1.82) is 0 Å². The van der Waals surface area contributed by atoms with Crippen LogP contribution < -0.4 is 5.32 Å². The fourth-order valence-electron chi connectivity index (χ4n) is 1.08. The summed E-state index contributed by atoms with van der Waals surface area (Å²) < 4.78 is 5.23. The van der Waals surface area contributed by atoms with Crippen molar-refractivity contribution in [1.82, 2.24) is 10.2 Å². The van der Waals surface area contributed by atoms with Crippen LogP contribution in [0.2, 0.25) is 0 Å². The molecular formula is C9H14N2OS. The lowest BCUT2D eigenvalue weighted by molar-refractivity contribution is 0.373. The molecule has 0 fully saturated rings. The molecule has 1 aromatic heterocycles. The average molecular weight is 198 g/mol. The lowest BCUT2D eigenvalue weighted by Gasteiger charge is -2.21. The van der Waals surface area contributed by atoms with Crippen molar-refractivity contribution in [2.45, 2.75) is 13.5 Å². The minimum absolute atomic E-state index is 0.725. The van der Waals surface area contributed by atoms with Gasteiger partial charge in [-0.2, -0.15) is 0 Å². The van der Waals surface area contributed by atoms with E-state index < -0.39 is 0 Å². The molecule has 0 spiro atoms. The third-order valence-corrected chi connectivity index (χ3v) is 2.27. The van der Waals surface area contributed by atoms with Gasteiger partial charge in [0.1, 0.15) is 5.76 Å². The average Bonchev–Trinajstić information content (AvgIpc) is 2.65. The first-order valence-electron chi connectivity index (χ1n) is 4.27. The number of rotatable bonds is 3. The highest BCUT2D eigenvalue weighted by Gasteiger charge is 2.07. The molecule has 0 bridgehead atoms. The molecule has 0 unspecified atom stereocenters. The minimum Gasteiger partial charge on any atom is -0.467 e. The van der Waals surface area contributed by atoms with Gasteiger partial charge in [0.25, 0.3) is 0 Å². The highest BCUT2D eigenvalue weighted by atomic mass is 32.1. The van der Waals surface area contributed by atoms with Crippen molar-refractivity contribution in [3.8, 4) is 0 Å². The largest absolute Gasteiger partial charge is 0.467 e. The maximum absolute atomic E-state index is 5.23. The third-order valence-electron chi connectivity index (χ3n) is 1.81. The third kappa shape index (κ3) is 2.73. The van der Waals surface area contributed by atoms with Crippen LogP contribution in [-0.2, 0) is 6.54 Å². The van der Waals surface area contributed by atoms with E-state index in [1.54, 1.807) is 6.26 Å². The first-order valence-corrected chi connectivity index (χ1v) is 4.67. The molecule has 0 aliphatic rings. The van der Waals surface area contributed by atoms with Crippen molar-refractivity contribution in [3.63, 3.8) is 0 Å². The van der Waals surface area contributed by atoms with Gasteiger partial charge in [0.05, 0.1) is 12.8 Å². The molecule has 1 N–H and O–H groups in total. The first-order chi connectivity index (χ1) is 6.27. The van der Waals surface area contributed by atoms with Crippen molar-refractivity contribution in [2.75, 3.05) is 13.6 Å². The predicted octanol–water partition coefficient (Wildman–Crippen LogP) is 1.61. The van der Waals surface area contributed by atoms with E-state index in [1.807, 2.05) is 24.1 Å². The summed E-state index contributed by atoms with van der Waals surface area (Å²) in [7, 11) is 1.83. The van der Waals surface area contributed by atoms with E-state index in [0.717, 1.165) is 24.0 Å². The summed E-state index contributed by atoms with van der Waals surface area (Å²) in [4.78, 5) is 2.04. The summed E-state index contributed by atoms with van der Waals surface area (Å²) in [5, 5.41) is 3.69. The quantitative estimate of drug-likeness (QED) is 0.747. The second-order valence-electron chi connectivity index (χ2n) is 2.65. The van der Waals surface area contributed by atoms with Crippen molar-refractivity contribution in [2.24, 2.45) is 0 Å². The van der Waals surface area contributed by atoms with Gasteiger partial charge in [-0.15, -0.1) is 0 Å². The number of nitrogens with one attached hydrogen (secondary N) is 1. The summed E-state index contributed by atoms with van der Waals surface area (Å²) in [5.74, 6) is 0.930. The molecule has 0 aromatic carbocycles. The van der Waals surface area contributed by atoms with E-state index >= 15 is 0 Å². The normalized spacial score (nSPS) is 9.69. The molecule has 13 heavy (non-hydrogen) atoms. The Morgan fingerprint density at radius 1 is 1.69 bits per heavy atom. The first kappa shape index (κ1) is 10.1. The Kier molecular flexibility index (Phi) is 3.76. The lowest BCUT2D eigenvalue weighted by Crippen LogP contribution is -2.36. The molecule has 4 heteroatoms. The van der Waals surface area contributed by atoms with Crippen molar-refractivity contribution < 1.29 is 4.42 Å². The van der Waals surface area contributed by atoms with Crippen LogP contribution >= 0.6 is 12.2 Å². The van der Waals surface area contributed by atoms with Crippen molar-refractivity contribution in [3.05, 3.63) is 24.2 Å². The zero-order chi connectivity index (χ0) is 9.68. The molecule has 0 aliphatic carbocycles. The van der Waals surface area contributed by atoms with E-state index in [0.29, 0.717) is 0 Å². The monoisotopic (exact) mass is 198 g/mol. The van der Waals surface area contributed by atoms with Crippen LogP contribution in [0.3, 0.4) is 0 Å². The van der Waals surface area contributed by atoms with Gasteiger partial charge in [-0.25, -0.2) is 0 Å². The molecule has 72 valence electrons. The van der Waals surface area contributed by atoms with E-state index in [4.69, 9.17) is 16.6 Å². The Morgan fingerprint density at radius 3 is 2.92 bits per heavy atom. The Balaban J connectivity index is 2.54. The van der Waals surface area contributed by atoms with E-state index in [2.05, 4.69) is 12.2 Å². The number of thiocarbonyl (C=S) groups is 1. The van der Waals surface area contributed by atoms with Gasteiger partial charge >= 0.3 is 0 Å². The molecule has 0 saturated heterocycles. The van der Waals surface area contributed by atoms with Gasteiger partial charge in [0.15, 0.2) is 5.11 Å². The number of nitrogens with zero attached hydrogens (tertiary/aromatic N) is 1. The number of hydrogen-bond donors (Lipinski definition) is 1. The van der Waals surface area contributed by atoms with Crippen molar-refractivity contribution >= 4 is 17.3 Å². The van der Waals surface area contributed by atoms with Gasteiger partial charge in [-0.1, -0.05) is 0 Å². The van der Waals surface area contributed by atoms with E-state index in [9.17, 15) is 0 Å². The maximum Gasteiger partial charge on any atom is 0.169 e. The molecule has 1 rings (SSSR count). The van der Waals surface area contributed by atoms with E-state index in [-0.39, 0.29) is 0 Å². The van der Waals surface area contributed by atoms with Gasteiger partial charge < -0.3 is 14.6 Å². The molecule has 0 radical (unpaired) electrons. The fourth-order valence-corrected chi connectivity index (χ4v) is 1.27. The van der Waals surface area contributed by atoms with Gasteiger partial charge in [-0.05, 0) is 31.3 Å². The molecule has 3 nitrogen and oxygen atoms in total. The predicted molar refractivity (Wildman–Crippen MR) is 56.4 cm³/mol. The summed E-state index contributed by atoms with van der Waals surface area (Å²) in [6, 6.07) is 3.83. The zero-order valence-corrected chi connectivity index (χ0v) is 8.73. The number of hydrogen-bond acceptors (Lipinski definition) is 2. The second-order valence-corrected chi connectivity index (χ2v) is 3.04. The fraction of sp³-hybridized carbons (Fsp3) is 0.444. The van der Waals surface area contributed by atoms with Crippen LogP contribution in [0.4, 0.5) is 0 Å². The number of furan rings is 1. The molecule has 1 aromatic rings. The summed E-state index contributed by atoms with van der Waals surface area (Å²) >= 11 is 5.12. The molecule has 1 heterocycles. The van der Waals surface area contributed by atoms with Crippen LogP contribution in [0, 0.1) is 0 Å². The molecule has 0 saturated carbocycles. The summed E-state index contributed by atoms with van der Waals surface area (Å²) in [5.41, 5.74) is 0. The summed E-state index contributed by atoms with van der Waals surface area (Å²) in [6.45, 7) is 3.66. The van der Waals surface area contributed by atoms with Crippen LogP contribution in [0.25, 0.3) is 0 Å². The summed E-state index contributed by atoms with van der Waals surface area (Å²) in [6.07, 6.45) is 1.67. The standard InChI is InChI=1S/C9H14N2OS/c1-3-11(9(13)10-2)7-8-5-4-6-12-8/h4-6H,3,7H2,1-2H3,(H,10,13). The molecule has 0 amide bonds. The minimum atomic E-state index is 0.725. The molecule has 0 aliphatic heterocycles. The highest BCUT2D eigenvalue weighted by Crippen LogP contribution is 2.04. The van der Waals surface area contributed by atoms with Gasteiger partial charge in [0.2, 0.25) is 0 Å². The second kappa shape index (κ2) is 4.87. The van der Waals surface area contributed by atoms with Crippen LogP contribution in [0.15, 0.2) is 22.8 Å². The maximum atomic E-state index is 5.23. The Hall–Kier alpha value is -1.03. The van der Waals surface area contributed by atoms with Gasteiger partial charge in [0, 0.05) is 13.6 Å². The highest BCUT2D eigenvalue weighted by molar-refractivity contribution is 7.80. The molecular weight excluding hydrogens is 184 g/mol.